The van der Waals surface area contributed by atoms with Crippen molar-refractivity contribution in [2.75, 3.05) is 11.9 Å². The van der Waals surface area contributed by atoms with Crippen molar-refractivity contribution in [2.45, 2.75) is 32.3 Å². The van der Waals surface area contributed by atoms with E-state index in [9.17, 15) is 9.90 Å². The van der Waals surface area contributed by atoms with Gasteiger partial charge in [-0.25, -0.2) is 0 Å². The topological polar surface area (TPSA) is 88.2 Å². The molecular formula is C18H23N3O2. The number of primary amides is 1. The predicted octanol–water partition coefficient (Wildman–Crippen LogP) is 2.62. The van der Waals surface area contributed by atoms with E-state index in [4.69, 9.17) is 5.73 Å². The molecule has 2 rings (SSSR count). The first-order valence-corrected chi connectivity index (χ1v) is 7.55. The number of benzene rings is 1. The molecule has 0 saturated heterocycles. The SMILES string of the molecule is CC(C)(C)c1ccc(C(O)CNc2ccncc2C(N)=O)cc1. The number of aliphatic hydroxyl groups is 1. The molecule has 5 nitrogen and oxygen atoms in total. The molecular weight excluding hydrogens is 290 g/mol. The summed E-state index contributed by atoms with van der Waals surface area (Å²) in [4.78, 5) is 15.2. The number of pyridine rings is 1. The van der Waals surface area contributed by atoms with Gasteiger partial charge in [0.15, 0.2) is 0 Å². The van der Waals surface area contributed by atoms with E-state index in [0.717, 1.165) is 5.56 Å². The first-order chi connectivity index (χ1) is 10.8. The van der Waals surface area contributed by atoms with E-state index in [1.807, 2.05) is 24.3 Å². The van der Waals surface area contributed by atoms with Crippen molar-refractivity contribution in [3.8, 4) is 0 Å². The molecule has 1 amide bonds. The number of anilines is 1. The zero-order valence-electron chi connectivity index (χ0n) is 13.7. The molecule has 0 aliphatic rings. The molecule has 1 atom stereocenters. The zero-order valence-corrected chi connectivity index (χ0v) is 13.7. The number of rotatable bonds is 5. The number of aromatic nitrogens is 1. The lowest BCUT2D eigenvalue weighted by Crippen LogP contribution is -2.18. The molecule has 1 aromatic heterocycles. The number of hydrogen-bond donors (Lipinski definition) is 3. The molecule has 4 N–H and O–H groups in total. The maximum absolute atomic E-state index is 11.3. The second kappa shape index (κ2) is 6.79. The van der Waals surface area contributed by atoms with E-state index in [0.29, 0.717) is 11.3 Å². The standard InChI is InChI=1S/C18H23N3O2/c1-18(2,3)13-6-4-12(5-7-13)16(22)11-21-15-8-9-20-10-14(15)17(19)23/h4-10,16,22H,11H2,1-3H3,(H2,19,23)(H,20,21). The Bertz CT molecular complexity index is 675. The Kier molecular flexibility index (Phi) is 5.01. The van der Waals surface area contributed by atoms with Crippen LogP contribution in [0.5, 0.6) is 0 Å². The summed E-state index contributed by atoms with van der Waals surface area (Å²) in [7, 11) is 0. The fourth-order valence-electron chi connectivity index (χ4n) is 2.27. The van der Waals surface area contributed by atoms with Gasteiger partial charge in [0.1, 0.15) is 0 Å². The lowest BCUT2D eigenvalue weighted by atomic mass is 9.86. The van der Waals surface area contributed by atoms with Gasteiger partial charge in [-0.3, -0.25) is 9.78 Å². The molecule has 1 aromatic carbocycles. The van der Waals surface area contributed by atoms with Crippen LogP contribution in [0.15, 0.2) is 42.7 Å². The molecule has 0 bridgehead atoms. The smallest absolute Gasteiger partial charge is 0.252 e. The van der Waals surface area contributed by atoms with E-state index < -0.39 is 12.0 Å². The van der Waals surface area contributed by atoms with Gasteiger partial charge in [-0.05, 0) is 22.6 Å². The minimum absolute atomic E-state index is 0.0785. The van der Waals surface area contributed by atoms with Gasteiger partial charge in [0.25, 0.3) is 5.91 Å². The van der Waals surface area contributed by atoms with Crippen LogP contribution in [-0.4, -0.2) is 22.5 Å². The lowest BCUT2D eigenvalue weighted by molar-refractivity contribution is 0.100. The van der Waals surface area contributed by atoms with Gasteiger partial charge in [0, 0.05) is 18.9 Å². The molecule has 0 aliphatic carbocycles. The van der Waals surface area contributed by atoms with E-state index in [1.54, 1.807) is 12.3 Å². The number of carbonyl (C=O) groups excluding carboxylic acids is 1. The van der Waals surface area contributed by atoms with Crippen molar-refractivity contribution in [3.63, 3.8) is 0 Å². The highest BCUT2D eigenvalue weighted by atomic mass is 16.3. The van der Waals surface area contributed by atoms with Crippen LogP contribution in [0.1, 0.15) is 48.4 Å². The highest BCUT2D eigenvalue weighted by Gasteiger charge is 2.15. The summed E-state index contributed by atoms with van der Waals surface area (Å²) in [6.45, 7) is 6.72. The maximum Gasteiger partial charge on any atom is 0.252 e. The van der Waals surface area contributed by atoms with Crippen LogP contribution < -0.4 is 11.1 Å². The van der Waals surface area contributed by atoms with Crippen molar-refractivity contribution in [3.05, 3.63) is 59.4 Å². The molecule has 1 heterocycles. The van der Waals surface area contributed by atoms with Crippen molar-refractivity contribution in [2.24, 2.45) is 5.73 Å². The highest BCUT2D eigenvalue weighted by Crippen LogP contribution is 2.24. The van der Waals surface area contributed by atoms with Crippen molar-refractivity contribution < 1.29 is 9.90 Å². The largest absolute Gasteiger partial charge is 0.387 e. The minimum atomic E-state index is -0.682. The summed E-state index contributed by atoms with van der Waals surface area (Å²) in [5, 5.41) is 13.4. The van der Waals surface area contributed by atoms with Gasteiger partial charge in [-0.15, -0.1) is 0 Å². The van der Waals surface area contributed by atoms with Gasteiger partial charge in [-0.2, -0.15) is 0 Å². The molecule has 0 radical (unpaired) electrons. The third-order valence-electron chi connectivity index (χ3n) is 3.73. The minimum Gasteiger partial charge on any atom is -0.387 e. The van der Waals surface area contributed by atoms with E-state index in [1.165, 1.54) is 11.8 Å². The van der Waals surface area contributed by atoms with Crippen LogP contribution in [0.3, 0.4) is 0 Å². The molecule has 5 heteroatoms. The quantitative estimate of drug-likeness (QED) is 0.791. The fourth-order valence-corrected chi connectivity index (χ4v) is 2.27. The van der Waals surface area contributed by atoms with Crippen LogP contribution >= 0.6 is 0 Å². The first kappa shape index (κ1) is 17.0. The van der Waals surface area contributed by atoms with Crippen LogP contribution in [0, 0.1) is 0 Å². The van der Waals surface area contributed by atoms with Crippen LogP contribution in [0.25, 0.3) is 0 Å². The Balaban J connectivity index is 2.05. The Labute approximate surface area is 136 Å². The molecule has 1 unspecified atom stereocenters. The van der Waals surface area contributed by atoms with Crippen LogP contribution in [0.2, 0.25) is 0 Å². The van der Waals surface area contributed by atoms with Gasteiger partial charge < -0.3 is 16.2 Å². The summed E-state index contributed by atoms with van der Waals surface area (Å²) in [6, 6.07) is 9.57. The normalized spacial score (nSPS) is 12.7. The molecule has 0 saturated carbocycles. The third-order valence-corrected chi connectivity index (χ3v) is 3.73. The van der Waals surface area contributed by atoms with E-state index in [2.05, 4.69) is 31.1 Å². The third kappa shape index (κ3) is 4.29. The van der Waals surface area contributed by atoms with Crippen LogP contribution in [-0.2, 0) is 5.41 Å². The summed E-state index contributed by atoms with van der Waals surface area (Å²) in [5.41, 5.74) is 8.30. The second-order valence-electron chi connectivity index (χ2n) is 6.55. The molecule has 0 fully saturated rings. The Morgan fingerprint density at radius 1 is 1.26 bits per heavy atom. The first-order valence-electron chi connectivity index (χ1n) is 7.55. The average Bonchev–Trinajstić information content (AvgIpc) is 2.52. The lowest BCUT2D eigenvalue weighted by Gasteiger charge is -2.20. The number of carbonyl (C=O) groups is 1. The summed E-state index contributed by atoms with van der Waals surface area (Å²) in [5.74, 6) is -0.551. The van der Waals surface area contributed by atoms with E-state index in [-0.39, 0.29) is 12.0 Å². The predicted molar refractivity (Wildman–Crippen MR) is 91.3 cm³/mol. The zero-order chi connectivity index (χ0) is 17.0. The fraction of sp³-hybridized carbons (Fsp3) is 0.333. The highest BCUT2D eigenvalue weighted by molar-refractivity contribution is 5.98. The van der Waals surface area contributed by atoms with E-state index >= 15 is 0 Å². The van der Waals surface area contributed by atoms with Gasteiger partial charge in [-0.1, -0.05) is 45.0 Å². The summed E-state index contributed by atoms with van der Waals surface area (Å²) < 4.78 is 0. The van der Waals surface area contributed by atoms with Crippen molar-refractivity contribution in [1.29, 1.82) is 0 Å². The Hall–Kier alpha value is -2.40. The van der Waals surface area contributed by atoms with Gasteiger partial charge >= 0.3 is 0 Å². The molecule has 0 spiro atoms. The summed E-state index contributed by atoms with van der Waals surface area (Å²) in [6.07, 6.45) is 2.30. The number of hydrogen-bond acceptors (Lipinski definition) is 4. The Morgan fingerprint density at radius 2 is 1.91 bits per heavy atom. The van der Waals surface area contributed by atoms with Gasteiger partial charge in [0.2, 0.25) is 0 Å². The second-order valence-corrected chi connectivity index (χ2v) is 6.55. The number of aliphatic hydroxyl groups excluding tert-OH is 1. The summed E-state index contributed by atoms with van der Waals surface area (Å²) >= 11 is 0. The number of nitrogens with two attached hydrogens (primary N) is 1. The van der Waals surface area contributed by atoms with Crippen molar-refractivity contribution in [1.82, 2.24) is 4.98 Å². The molecule has 2 aromatic rings. The maximum atomic E-state index is 11.3. The molecule has 122 valence electrons. The average molecular weight is 313 g/mol. The molecule has 23 heavy (non-hydrogen) atoms. The Morgan fingerprint density at radius 3 is 2.48 bits per heavy atom. The number of nitrogens with zero attached hydrogens (tertiary/aromatic N) is 1. The monoisotopic (exact) mass is 313 g/mol. The van der Waals surface area contributed by atoms with Crippen molar-refractivity contribution >= 4 is 11.6 Å². The molecule has 0 aliphatic heterocycles. The number of nitrogens with one attached hydrogen (secondary N) is 1. The van der Waals surface area contributed by atoms with Crippen LogP contribution in [0.4, 0.5) is 5.69 Å². The number of amides is 1. The van der Waals surface area contributed by atoms with Gasteiger partial charge in [0.05, 0.1) is 17.4 Å².